The first-order valence-corrected chi connectivity index (χ1v) is 5.98. The molecule has 5 nitrogen and oxygen atoms in total. The summed E-state index contributed by atoms with van der Waals surface area (Å²) in [7, 11) is 1.62. The molecule has 1 heterocycles. The number of amides is 1. The fraction of sp³-hybridized carbons (Fsp3) is 0.286. The molecule has 1 aromatic carbocycles. The van der Waals surface area contributed by atoms with Crippen LogP contribution in [0, 0.1) is 6.92 Å². The van der Waals surface area contributed by atoms with Crippen LogP contribution in [0.5, 0.6) is 5.75 Å². The number of methoxy groups -OCH3 is 1. The van der Waals surface area contributed by atoms with Crippen LogP contribution in [-0.4, -0.2) is 18.2 Å². The van der Waals surface area contributed by atoms with Gasteiger partial charge in [-0.05, 0) is 31.5 Å². The van der Waals surface area contributed by atoms with E-state index in [1.165, 1.54) is 0 Å². The maximum atomic E-state index is 11.9. The van der Waals surface area contributed by atoms with E-state index in [-0.39, 0.29) is 17.6 Å². The van der Waals surface area contributed by atoms with Crippen LogP contribution in [0.2, 0.25) is 0 Å². The Bertz CT molecular complexity index is 560. The predicted molar refractivity (Wildman–Crippen MR) is 70.1 cm³/mol. The number of nitrogens with zero attached hydrogens (tertiary/aromatic N) is 1. The van der Waals surface area contributed by atoms with Crippen molar-refractivity contribution in [2.75, 3.05) is 7.11 Å². The van der Waals surface area contributed by atoms with Crippen molar-refractivity contribution in [1.29, 1.82) is 0 Å². The van der Waals surface area contributed by atoms with Crippen LogP contribution in [0.4, 0.5) is 0 Å². The normalized spacial score (nSPS) is 11.9. The minimum atomic E-state index is -0.250. The minimum absolute atomic E-state index is 0.115. The Labute approximate surface area is 111 Å². The van der Waals surface area contributed by atoms with Gasteiger partial charge in [-0.1, -0.05) is 17.3 Å². The van der Waals surface area contributed by atoms with Gasteiger partial charge in [-0.2, -0.15) is 0 Å². The van der Waals surface area contributed by atoms with Gasteiger partial charge in [0.15, 0.2) is 5.69 Å². The van der Waals surface area contributed by atoms with Crippen molar-refractivity contribution in [3.63, 3.8) is 0 Å². The number of ether oxygens (including phenoxy) is 1. The summed E-state index contributed by atoms with van der Waals surface area (Å²) in [5.74, 6) is 1.15. The Balaban J connectivity index is 2.03. The summed E-state index contributed by atoms with van der Waals surface area (Å²) in [5.41, 5.74) is 1.28. The SMILES string of the molecule is COc1ccc([C@@H](C)NC(=O)c2cc(C)on2)cc1. The third-order valence-electron chi connectivity index (χ3n) is 2.82. The van der Waals surface area contributed by atoms with Crippen molar-refractivity contribution in [2.45, 2.75) is 19.9 Å². The lowest BCUT2D eigenvalue weighted by Crippen LogP contribution is -2.26. The van der Waals surface area contributed by atoms with Crippen molar-refractivity contribution in [1.82, 2.24) is 10.5 Å². The molecular weight excluding hydrogens is 244 g/mol. The maximum Gasteiger partial charge on any atom is 0.273 e. The summed E-state index contributed by atoms with van der Waals surface area (Å²) in [5, 5.41) is 6.54. The Kier molecular flexibility index (Phi) is 3.85. The molecule has 2 aromatic rings. The van der Waals surface area contributed by atoms with E-state index in [1.807, 2.05) is 31.2 Å². The Morgan fingerprint density at radius 3 is 2.58 bits per heavy atom. The molecule has 0 saturated heterocycles. The molecule has 5 heteroatoms. The highest BCUT2D eigenvalue weighted by Crippen LogP contribution is 2.17. The van der Waals surface area contributed by atoms with Gasteiger partial charge in [0.05, 0.1) is 13.2 Å². The van der Waals surface area contributed by atoms with Gasteiger partial charge in [0.1, 0.15) is 11.5 Å². The molecule has 100 valence electrons. The third-order valence-corrected chi connectivity index (χ3v) is 2.82. The average Bonchev–Trinajstić information content (AvgIpc) is 2.85. The van der Waals surface area contributed by atoms with E-state index in [4.69, 9.17) is 9.26 Å². The van der Waals surface area contributed by atoms with Crippen LogP contribution in [0.15, 0.2) is 34.9 Å². The van der Waals surface area contributed by atoms with Crippen LogP contribution in [0.1, 0.15) is 34.8 Å². The molecule has 19 heavy (non-hydrogen) atoms. The molecule has 1 amide bonds. The zero-order valence-electron chi connectivity index (χ0n) is 11.1. The molecule has 0 aliphatic carbocycles. The molecule has 0 spiro atoms. The summed E-state index contributed by atoms with van der Waals surface area (Å²) in [6.45, 7) is 3.66. The molecule has 1 N–H and O–H groups in total. The number of aryl methyl sites for hydroxylation is 1. The van der Waals surface area contributed by atoms with Crippen LogP contribution < -0.4 is 10.1 Å². The maximum absolute atomic E-state index is 11.9. The van der Waals surface area contributed by atoms with E-state index in [0.717, 1.165) is 11.3 Å². The molecule has 0 aliphatic rings. The summed E-state index contributed by atoms with van der Waals surface area (Å²) >= 11 is 0. The van der Waals surface area contributed by atoms with E-state index in [1.54, 1.807) is 20.1 Å². The summed E-state index contributed by atoms with van der Waals surface area (Å²) in [6, 6.07) is 9.04. The largest absolute Gasteiger partial charge is 0.497 e. The number of aromatic nitrogens is 1. The average molecular weight is 260 g/mol. The molecule has 0 fully saturated rings. The van der Waals surface area contributed by atoms with Gasteiger partial charge in [-0.3, -0.25) is 4.79 Å². The van der Waals surface area contributed by atoms with Gasteiger partial charge in [0, 0.05) is 6.07 Å². The van der Waals surface area contributed by atoms with Crippen molar-refractivity contribution in [2.24, 2.45) is 0 Å². The Hall–Kier alpha value is -2.30. The summed E-state index contributed by atoms with van der Waals surface area (Å²) in [4.78, 5) is 11.9. The highest BCUT2D eigenvalue weighted by Gasteiger charge is 2.14. The minimum Gasteiger partial charge on any atom is -0.497 e. The van der Waals surface area contributed by atoms with Crippen LogP contribution >= 0.6 is 0 Å². The molecule has 0 unspecified atom stereocenters. The molecule has 0 aliphatic heterocycles. The topological polar surface area (TPSA) is 64.4 Å². The van der Waals surface area contributed by atoms with E-state index in [2.05, 4.69) is 10.5 Å². The number of nitrogens with one attached hydrogen (secondary N) is 1. The number of benzene rings is 1. The van der Waals surface area contributed by atoms with Crippen molar-refractivity contribution >= 4 is 5.91 Å². The van der Waals surface area contributed by atoms with Crippen LogP contribution in [0.3, 0.4) is 0 Å². The van der Waals surface area contributed by atoms with Crippen LogP contribution in [0.25, 0.3) is 0 Å². The third kappa shape index (κ3) is 3.13. The monoisotopic (exact) mass is 260 g/mol. The van der Waals surface area contributed by atoms with E-state index >= 15 is 0 Å². The first kappa shape index (κ1) is 13.1. The molecule has 2 rings (SSSR count). The number of hydrogen-bond donors (Lipinski definition) is 1. The molecule has 0 saturated carbocycles. The second-order valence-corrected chi connectivity index (χ2v) is 4.29. The zero-order chi connectivity index (χ0) is 13.8. The lowest BCUT2D eigenvalue weighted by molar-refractivity contribution is 0.0930. The van der Waals surface area contributed by atoms with E-state index < -0.39 is 0 Å². The van der Waals surface area contributed by atoms with Crippen molar-refractivity contribution < 1.29 is 14.1 Å². The van der Waals surface area contributed by atoms with Gasteiger partial charge in [-0.15, -0.1) is 0 Å². The van der Waals surface area contributed by atoms with Gasteiger partial charge in [-0.25, -0.2) is 0 Å². The van der Waals surface area contributed by atoms with Crippen LogP contribution in [-0.2, 0) is 0 Å². The standard InChI is InChI=1S/C14H16N2O3/c1-9-8-13(16-19-9)14(17)15-10(2)11-4-6-12(18-3)7-5-11/h4-8,10H,1-3H3,(H,15,17)/t10-/m1/s1. The summed E-state index contributed by atoms with van der Waals surface area (Å²) in [6.07, 6.45) is 0. The Morgan fingerprint density at radius 1 is 1.37 bits per heavy atom. The predicted octanol–water partition coefficient (Wildman–Crippen LogP) is 2.48. The first-order valence-electron chi connectivity index (χ1n) is 5.98. The van der Waals surface area contributed by atoms with Gasteiger partial charge in [0.2, 0.25) is 0 Å². The highest BCUT2D eigenvalue weighted by atomic mass is 16.5. The van der Waals surface area contributed by atoms with Crippen molar-refractivity contribution in [3.8, 4) is 5.75 Å². The number of carbonyl (C=O) groups excluding carboxylic acids is 1. The van der Waals surface area contributed by atoms with E-state index in [0.29, 0.717) is 5.76 Å². The molecular formula is C14H16N2O3. The fourth-order valence-corrected chi connectivity index (χ4v) is 1.72. The lowest BCUT2D eigenvalue weighted by atomic mass is 10.1. The molecule has 1 aromatic heterocycles. The smallest absolute Gasteiger partial charge is 0.273 e. The zero-order valence-corrected chi connectivity index (χ0v) is 11.1. The van der Waals surface area contributed by atoms with Gasteiger partial charge < -0.3 is 14.6 Å². The van der Waals surface area contributed by atoms with Gasteiger partial charge >= 0.3 is 0 Å². The first-order chi connectivity index (χ1) is 9.10. The number of hydrogen-bond acceptors (Lipinski definition) is 4. The molecule has 0 bridgehead atoms. The number of carbonyl (C=O) groups is 1. The van der Waals surface area contributed by atoms with Crippen molar-refractivity contribution in [3.05, 3.63) is 47.3 Å². The molecule has 1 atom stereocenters. The fourth-order valence-electron chi connectivity index (χ4n) is 1.72. The van der Waals surface area contributed by atoms with E-state index in [9.17, 15) is 4.79 Å². The lowest BCUT2D eigenvalue weighted by Gasteiger charge is -2.13. The highest BCUT2D eigenvalue weighted by molar-refractivity contribution is 5.92. The second-order valence-electron chi connectivity index (χ2n) is 4.29. The van der Waals surface area contributed by atoms with Gasteiger partial charge in [0.25, 0.3) is 5.91 Å². The quantitative estimate of drug-likeness (QED) is 0.917. The Morgan fingerprint density at radius 2 is 2.05 bits per heavy atom. The number of rotatable bonds is 4. The second kappa shape index (κ2) is 5.56. The molecule has 0 radical (unpaired) electrons. The summed E-state index contributed by atoms with van der Waals surface area (Å²) < 4.78 is 9.97.